The van der Waals surface area contributed by atoms with Crippen LogP contribution in [-0.4, -0.2) is 32.9 Å². The molecule has 0 fully saturated rings. The number of hydrogen-bond acceptors (Lipinski definition) is 2. The monoisotopic (exact) mass is 256 g/mol. The molecule has 2 unspecified atom stereocenters. The zero-order valence-electron chi connectivity index (χ0n) is 9.24. The maximum Gasteiger partial charge on any atom is 0.528 e. The molecule has 0 bridgehead atoms. The van der Waals surface area contributed by atoms with Gasteiger partial charge in [-0.2, -0.15) is 9.00 Å². The highest BCUT2D eigenvalue weighted by atomic mass is 35.7. The van der Waals surface area contributed by atoms with E-state index in [9.17, 15) is 9.00 Å². The summed E-state index contributed by atoms with van der Waals surface area (Å²) in [5.74, 6) is 0. The van der Waals surface area contributed by atoms with Gasteiger partial charge in [0, 0.05) is 0 Å². The van der Waals surface area contributed by atoms with E-state index in [0.29, 0.717) is 6.54 Å². The zero-order valence-corrected chi connectivity index (χ0v) is 10.8. The van der Waals surface area contributed by atoms with Crippen LogP contribution in [0.25, 0.3) is 0 Å². The van der Waals surface area contributed by atoms with Crippen LogP contribution in [0.5, 0.6) is 0 Å². The van der Waals surface area contributed by atoms with Gasteiger partial charge in [-0.3, -0.25) is 0 Å². The van der Waals surface area contributed by atoms with Crippen molar-refractivity contribution in [3.05, 3.63) is 0 Å². The maximum absolute atomic E-state index is 11.1. The molecule has 2 atom stereocenters. The number of hydrogen-bond donors (Lipinski definition) is 1. The first-order valence-electron chi connectivity index (χ1n) is 5.13. The van der Waals surface area contributed by atoms with Crippen LogP contribution in [0.1, 0.15) is 39.0 Å². The summed E-state index contributed by atoms with van der Waals surface area (Å²) >= 11 is 0. The minimum atomic E-state index is -1.90. The van der Waals surface area contributed by atoms with E-state index >= 15 is 0 Å². The van der Waals surface area contributed by atoms with Crippen molar-refractivity contribution in [3.63, 3.8) is 0 Å². The molecular formula is C9H19ClNO3S+. The van der Waals surface area contributed by atoms with Crippen LogP contribution >= 0.6 is 10.7 Å². The van der Waals surface area contributed by atoms with Crippen LogP contribution in [0.3, 0.4) is 0 Å². The molecule has 0 aromatic heterocycles. The van der Waals surface area contributed by atoms with Gasteiger partial charge in [0.15, 0.2) is 0 Å². The molecule has 1 amide bonds. The highest BCUT2D eigenvalue weighted by molar-refractivity contribution is 8.03. The fourth-order valence-electron chi connectivity index (χ4n) is 1.25. The predicted octanol–water partition coefficient (Wildman–Crippen LogP) is 2.90. The Morgan fingerprint density at radius 2 is 1.87 bits per heavy atom. The van der Waals surface area contributed by atoms with E-state index in [2.05, 4.69) is 6.92 Å². The van der Waals surface area contributed by atoms with Crippen molar-refractivity contribution in [2.45, 2.75) is 39.0 Å². The molecule has 0 aliphatic heterocycles. The topological polar surface area (TPSA) is 54.4 Å². The average molecular weight is 257 g/mol. The third-order valence-electron chi connectivity index (χ3n) is 2.41. The second-order valence-corrected chi connectivity index (χ2v) is 5.74. The first kappa shape index (κ1) is 14.9. The summed E-state index contributed by atoms with van der Waals surface area (Å²) in [6, 6.07) is 0. The molecule has 0 aromatic rings. The van der Waals surface area contributed by atoms with Crippen molar-refractivity contribution in [1.82, 2.24) is 0 Å². The molecule has 0 aliphatic rings. The summed E-state index contributed by atoms with van der Waals surface area (Å²) in [6.07, 6.45) is 3.95. The van der Waals surface area contributed by atoms with Crippen molar-refractivity contribution < 1.29 is 18.0 Å². The van der Waals surface area contributed by atoms with Crippen molar-refractivity contribution in [2.75, 3.05) is 13.6 Å². The zero-order chi connectivity index (χ0) is 11.9. The lowest BCUT2D eigenvalue weighted by Gasteiger charge is -2.21. The quantitative estimate of drug-likeness (QED) is 0.433. The summed E-state index contributed by atoms with van der Waals surface area (Å²) < 4.78 is 10.5. The van der Waals surface area contributed by atoms with Crippen molar-refractivity contribution >= 4 is 27.0 Å². The number of unbranched alkanes of at least 4 members (excludes halogenated alkanes) is 4. The molecule has 0 rings (SSSR count). The van der Waals surface area contributed by atoms with Crippen LogP contribution in [0, 0.1) is 0 Å². The van der Waals surface area contributed by atoms with E-state index < -0.39 is 20.2 Å². The number of halogens is 1. The van der Waals surface area contributed by atoms with Crippen LogP contribution in [0.2, 0.25) is 0 Å². The number of rotatable bonds is 7. The Morgan fingerprint density at radius 1 is 1.33 bits per heavy atom. The number of carboxylic acid groups (broad SMARTS) is 1. The van der Waals surface area contributed by atoms with E-state index in [1.54, 1.807) is 0 Å². The lowest BCUT2D eigenvalue weighted by molar-refractivity contribution is -0.700. The molecule has 0 radical (unpaired) electrons. The first-order valence-corrected chi connectivity index (χ1v) is 7.06. The molecule has 0 spiro atoms. The summed E-state index contributed by atoms with van der Waals surface area (Å²) in [4.78, 5) is 10.9. The summed E-state index contributed by atoms with van der Waals surface area (Å²) in [5.41, 5.74) is 0. The second-order valence-electron chi connectivity index (χ2n) is 3.73. The predicted molar refractivity (Wildman–Crippen MR) is 61.8 cm³/mol. The Hall–Kier alpha value is -0.130. The van der Waals surface area contributed by atoms with Gasteiger partial charge in [0.05, 0.1) is 17.7 Å². The minimum Gasteiger partial charge on any atom is -0.435 e. The standard InChI is InChI=1S/C9H18ClNO3S/c1-3-4-5-6-7-8-11(2,9(12)13)15(10)14/h3-8H2,1-2H3/p+1. The summed E-state index contributed by atoms with van der Waals surface area (Å²) in [6.45, 7) is 2.43. The molecule has 0 aliphatic carbocycles. The SMILES string of the molecule is CCCCCCC[N+](C)(C(=O)O)S(=O)Cl. The van der Waals surface area contributed by atoms with Gasteiger partial charge >= 0.3 is 16.3 Å². The molecule has 90 valence electrons. The van der Waals surface area contributed by atoms with E-state index in [4.69, 9.17) is 15.8 Å². The van der Waals surface area contributed by atoms with Crippen LogP contribution in [0.15, 0.2) is 0 Å². The van der Waals surface area contributed by atoms with Gasteiger partial charge in [-0.1, -0.05) is 26.2 Å². The Kier molecular flexibility index (Phi) is 7.13. The van der Waals surface area contributed by atoms with Crippen LogP contribution < -0.4 is 0 Å². The summed E-state index contributed by atoms with van der Waals surface area (Å²) in [5, 5.41) is 8.90. The van der Waals surface area contributed by atoms with E-state index in [0.717, 1.165) is 32.1 Å². The molecule has 15 heavy (non-hydrogen) atoms. The van der Waals surface area contributed by atoms with E-state index in [1.807, 2.05) is 0 Å². The maximum atomic E-state index is 11.1. The Bertz CT molecular complexity index is 221. The molecule has 4 nitrogen and oxygen atoms in total. The largest absolute Gasteiger partial charge is 0.528 e. The van der Waals surface area contributed by atoms with Gasteiger partial charge in [-0.15, -0.1) is 3.89 Å². The highest BCUT2D eigenvalue weighted by Gasteiger charge is 2.37. The average Bonchev–Trinajstić information content (AvgIpc) is 2.16. The normalized spacial score (nSPS) is 17.0. The van der Waals surface area contributed by atoms with Crippen LogP contribution in [-0.2, 0) is 10.2 Å². The minimum absolute atomic E-state index is 0.315. The fraction of sp³-hybridized carbons (Fsp3) is 0.889. The van der Waals surface area contributed by atoms with Gasteiger partial charge in [0.1, 0.15) is 6.54 Å². The molecular weight excluding hydrogens is 238 g/mol. The molecule has 6 heteroatoms. The van der Waals surface area contributed by atoms with Crippen molar-refractivity contribution in [2.24, 2.45) is 0 Å². The lowest BCUT2D eigenvalue weighted by atomic mass is 10.1. The molecule has 0 aromatic carbocycles. The van der Waals surface area contributed by atoms with Gasteiger partial charge < -0.3 is 5.11 Å². The van der Waals surface area contributed by atoms with Gasteiger partial charge in [-0.25, -0.2) is 0 Å². The number of nitrogens with zero attached hydrogens (tertiary/aromatic N) is 1. The number of carbonyl (C=O) groups is 1. The first-order chi connectivity index (χ1) is 6.95. The Balaban J connectivity index is 3.99. The summed E-state index contributed by atoms with van der Waals surface area (Å²) in [7, 11) is 4.87. The third kappa shape index (κ3) is 4.95. The number of quaternary nitrogens is 1. The highest BCUT2D eigenvalue weighted by Crippen LogP contribution is 2.15. The molecule has 0 heterocycles. The van der Waals surface area contributed by atoms with Crippen LogP contribution in [0.4, 0.5) is 4.79 Å². The second kappa shape index (κ2) is 7.19. The van der Waals surface area contributed by atoms with E-state index in [-0.39, 0.29) is 0 Å². The van der Waals surface area contributed by atoms with Crippen molar-refractivity contribution in [1.29, 1.82) is 0 Å². The van der Waals surface area contributed by atoms with Gasteiger partial charge in [0.25, 0.3) is 0 Å². The number of amides is 1. The molecule has 1 N–H and O–H groups in total. The Labute approximate surface area is 97.9 Å². The fourth-order valence-corrected chi connectivity index (χ4v) is 2.03. The van der Waals surface area contributed by atoms with Gasteiger partial charge in [-0.05, 0) is 12.8 Å². The van der Waals surface area contributed by atoms with Crippen molar-refractivity contribution in [3.8, 4) is 0 Å². The molecule has 0 saturated carbocycles. The van der Waals surface area contributed by atoms with E-state index in [1.165, 1.54) is 7.05 Å². The lowest BCUT2D eigenvalue weighted by Crippen LogP contribution is -2.48. The van der Waals surface area contributed by atoms with Gasteiger partial charge in [0.2, 0.25) is 0 Å². The molecule has 0 saturated heterocycles. The third-order valence-corrected chi connectivity index (χ3v) is 4.30. The Morgan fingerprint density at radius 3 is 2.27 bits per heavy atom. The smallest absolute Gasteiger partial charge is 0.435 e.